The van der Waals surface area contributed by atoms with Crippen LogP contribution in [-0.2, 0) is 16.6 Å². The lowest BCUT2D eigenvalue weighted by atomic mass is 10.3. The first-order valence-corrected chi connectivity index (χ1v) is 8.96. The van der Waals surface area contributed by atoms with Gasteiger partial charge in [0.05, 0.1) is 23.6 Å². The maximum absolute atomic E-state index is 12.4. The van der Waals surface area contributed by atoms with Crippen molar-refractivity contribution in [2.24, 2.45) is 0 Å². The van der Waals surface area contributed by atoms with Gasteiger partial charge in [-0.3, -0.25) is 14.8 Å². The first-order chi connectivity index (χ1) is 12.0. The summed E-state index contributed by atoms with van der Waals surface area (Å²) >= 11 is 0. The monoisotopic (exact) mass is 359 g/mol. The number of nitrogens with zero attached hydrogens (tertiary/aromatic N) is 4. The Hall–Kier alpha value is -3.01. The van der Waals surface area contributed by atoms with Crippen molar-refractivity contribution >= 4 is 21.7 Å². The molecule has 130 valence electrons. The average Bonchev–Trinajstić information content (AvgIpc) is 2.94. The Morgan fingerprint density at radius 2 is 1.84 bits per heavy atom. The second-order valence-electron chi connectivity index (χ2n) is 5.35. The second-order valence-corrected chi connectivity index (χ2v) is 6.97. The number of sulfonamides is 1. The second kappa shape index (κ2) is 6.85. The highest BCUT2D eigenvalue weighted by molar-refractivity contribution is 7.92. The summed E-state index contributed by atoms with van der Waals surface area (Å²) in [6.07, 6.45) is 1.71. The lowest BCUT2D eigenvalue weighted by molar-refractivity contribution is 0.600. The van der Waals surface area contributed by atoms with Gasteiger partial charge < -0.3 is 5.32 Å². The zero-order valence-electron chi connectivity index (χ0n) is 13.7. The van der Waals surface area contributed by atoms with E-state index in [-0.39, 0.29) is 10.7 Å². The summed E-state index contributed by atoms with van der Waals surface area (Å²) in [6.45, 7) is 3.76. The molecule has 0 amide bonds. The molecule has 0 atom stereocenters. The molecule has 0 saturated carbocycles. The van der Waals surface area contributed by atoms with Crippen LogP contribution >= 0.6 is 0 Å². The van der Waals surface area contributed by atoms with Crippen molar-refractivity contribution in [3.63, 3.8) is 0 Å². The van der Waals surface area contributed by atoms with Gasteiger partial charge in [0, 0.05) is 6.20 Å². The van der Waals surface area contributed by atoms with Crippen LogP contribution in [0.3, 0.4) is 0 Å². The number of hydrogen-bond donors (Lipinski definition) is 3. The van der Waals surface area contributed by atoms with E-state index in [1.54, 1.807) is 26.1 Å². The van der Waals surface area contributed by atoms with Crippen LogP contribution in [0, 0.1) is 13.8 Å². The molecule has 0 aliphatic carbocycles. The molecule has 9 nitrogen and oxygen atoms in total. The molecule has 0 aliphatic heterocycles. The number of hydrogen-bond acceptors (Lipinski definition) is 7. The van der Waals surface area contributed by atoms with Gasteiger partial charge in [-0.25, -0.2) is 8.42 Å². The number of aromatic amines is 1. The lowest BCUT2D eigenvalue weighted by Gasteiger charge is -2.08. The smallest absolute Gasteiger partial charge is 0.266 e. The summed E-state index contributed by atoms with van der Waals surface area (Å²) in [7, 11) is -3.78. The molecule has 25 heavy (non-hydrogen) atoms. The van der Waals surface area contributed by atoms with Gasteiger partial charge in [-0.2, -0.15) is 5.10 Å². The van der Waals surface area contributed by atoms with Gasteiger partial charge in [-0.05, 0) is 38.1 Å². The lowest BCUT2D eigenvalue weighted by Crippen LogP contribution is -2.16. The Bertz CT molecular complexity index is 934. The Morgan fingerprint density at radius 1 is 1.08 bits per heavy atom. The molecule has 0 aliphatic rings. The first-order valence-electron chi connectivity index (χ1n) is 7.47. The predicted molar refractivity (Wildman–Crippen MR) is 92.5 cm³/mol. The van der Waals surface area contributed by atoms with Crippen molar-refractivity contribution in [2.45, 2.75) is 25.3 Å². The van der Waals surface area contributed by atoms with Crippen LogP contribution in [-0.4, -0.2) is 33.8 Å². The molecule has 3 aromatic rings. The molecule has 3 rings (SSSR count). The number of aryl methyl sites for hydroxylation is 2. The van der Waals surface area contributed by atoms with Crippen molar-refractivity contribution in [3.8, 4) is 0 Å². The summed E-state index contributed by atoms with van der Waals surface area (Å²) < 4.78 is 27.3. The molecular formula is C15H17N7O2S. The van der Waals surface area contributed by atoms with E-state index in [2.05, 4.69) is 35.4 Å². The van der Waals surface area contributed by atoms with Crippen LogP contribution in [0.5, 0.6) is 0 Å². The standard InChI is InChI=1S/C15H17N7O2S/c1-10-15(11(2)19-18-10)25(23,24)22-14-7-6-13(20-21-14)17-9-12-5-3-4-8-16-12/h3-8H,9H2,1-2H3,(H,17,20)(H,18,19)(H,21,22). The van der Waals surface area contributed by atoms with Gasteiger partial charge >= 0.3 is 0 Å². The average molecular weight is 359 g/mol. The highest BCUT2D eigenvalue weighted by atomic mass is 32.2. The van der Waals surface area contributed by atoms with Crippen LogP contribution in [0.1, 0.15) is 17.1 Å². The molecule has 0 fully saturated rings. The van der Waals surface area contributed by atoms with E-state index in [4.69, 9.17) is 0 Å². The minimum absolute atomic E-state index is 0.117. The summed E-state index contributed by atoms with van der Waals surface area (Å²) in [5.74, 6) is 0.646. The summed E-state index contributed by atoms with van der Waals surface area (Å²) in [5.41, 5.74) is 1.72. The fraction of sp³-hybridized carbons (Fsp3) is 0.200. The molecule has 3 aromatic heterocycles. The molecule has 0 bridgehead atoms. The maximum atomic E-state index is 12.4. The number of nitrogens with one attached hydrogen (secondary N) is 3. The fourth-order valence-electron chi connectivity index (χ4n) is 2.29. The number of H-pyrrole nitrogens is 1. The van der Waals surface area contributed by atoms with Gasteiger partial charge in [0.25, 0.3) is 10.0 Å². The fourth-order valence-corrected chi connectivity index (χ4v) is 3.66. The summed E-state index contributed by atoms with van der Waals surface area (Å²) in [5, 5.41) is 17.5. The Morgan fingerprint density at radius 3 is 2.44 bits per heavy atom. The Labute approximate surface area is 145 Å². The SMILES string of the molecule is Cc1n[nH]c(C)c1S(=O)(=O)Nc1ccc(NCc2ccccn2)nn1. The molecule has 10 heteroatoms. The van der Waals surface area contributed by atoms with E-state index >= 15 is 0 Å². The number of aromatic nitrogens is 5. The van der Waals surface area contributed by atoms with Gasteiger partial charge in [-0.15, -0.1) is 10.2 Å². The Kier molecular flexibility index (Phi) is 4.61. The number of rotatable bonds is 6. The maximum Gasteiger partial charge on any atom is 0.266 e. The van der Waals surface area contributed by atoms with E-state index in [0.717, 1.165) is 5.69 Å². The quantitative estimate of drug-likeness (QED) is 0.610. The third kappa shape index (κ3) is 3.91. The molecule has 3 heterocycles. The molecule has 0 spiro atoms. The number of pyridine rings is 1. The third-order valence-corrected chi connectivity index (χ3v) is 5.03. The normalized spacial score (nSPS) is 11.3. The minimum Gasteiger partial charge on any atom is -0.363 e. The molecular weight excluding hydrogens is 342 g/mol. The summed E-state index contributed by atoms with van der Waals surface area (Å²) in [6, 6.07) is 8.80. The highest BCUT2D eigenvalue weighted by Crippen LogP contribution is 2.19. The van der Waals surface area contributed by atoms with Crippen LogP contribution < -0.4 is 10.0 Å². The van der Waals surface area contributed by atoms with Crippen molar-refractivity contribution in [1.82, 2.24) is 25.4 Å². The first kappa shape index (κ1) is 16.8. The highest BCUT2D eigenvalue weighted by Gasteiger charge is 2.22. The zero-order valence-corrected chi connectivity index (χ0v) is 14.5. The van der Waals surface area contributed by atoms with Crippen molar-refractivity contribution in [2.75, 3.05) is 10.0 Å². The summed E-state index contributed by atoms with van der Waals surface area (Å²) in [4.78, 5) is 4.31. The van der Waals surface area contributed by atoms with Gasteiger partial charge in [-0.1, -0.05) is 6.07 Å². The van der Waals surface area contributed by atoms with Crippen LogP contribution in [0.2, 0.25) is 0 Å². The van der Waals surface area contributed by atoms with E-state index in [1.165, 1.54) is 6.07 Å². The third-order valence-electron chi connectivity index (χ3n) is 3.41. The predicted octanol–water partition coefficient (Wildman–Crippen LogP) is 1.62. The van der Waals surface area contributed by atoms with Gasteiger partial charge in [0.1, 0.15) is 10.7 Å². The molecule has 0 unspecified atom stereocenters. The number of anilines is 2. The van der Waals surface area contributed by atoms with Gasteiger partial charge in [0.2, 0.25) is 0 Å². The van der Waals surface area contributed by atoms with E-state index in [0.29, 0.717) is 23.8 Å². The van der Waals surface area contributed by atoms with Crippen LogP contribution in [0.15, 0.2) is 41.4 Å². The Balaban J connectivity index is 1.68. The molecule has 3 N–H and O–H groups in total. The van der Waals surface area contributed by atoms with E-state index < -0.39 is 10.0 Å². The van der Waals surface area contributed by atoms with E-state index in [9.17, 15) is 8.42 Å². The van der Waals surface area contributed by atoms with Crippen molar-refractivity contribution in [1.29, 1.82) is 0 Å². The minimum atomic E-state index is -3.78. The molecule has 0 radical (unpaired) electrons. The zero-order chi connectivity index (χ0) is 17.9. The van der Waals surface area contributed by atoms with Crippen LogP contribution in [0.25, 0.3) is 0 Å². The van der Waals surface area contributed by atoms with Crippen LogP contribution in [0.4, 0.5) is 11.6 Å². The van der Waals surface area contributed by atoms with E-state index in [1.807, 2.05) is 18.2 Å². The van der Waals surface area contributed by atoms with Gasteiger partial charge in [0.15, 0.2) is 5.82 Å². The molecule has 0 aromatic carbocycles. The van der Waals surface area contributed by atoms with Crippen molar-refractivity contribution in [3.05, 3.63) is 53.6 Å². The topological polar surface area (TPSA) is 126 Å². The van der Waals surface area contributed by atoms with Crippen molar-refractivity contribution < 1.29 is 8.42 Å². The molecule has 0 saturated heterocycles. The largest absolute Gasteiger partial charge is 0.363 e.